The first-order valence-electron chi connectivity index (χ1n) is 8.70. The van der Waals surface area contributed by atoms with Gasteiger partial charge in [-0.2, -0.15) is 5.26 Å². The third kappa shape index (κ3) is 3.94. The van der Waals surface area contributed by atoms with E-state index in [1.807, 2.05) is 50.2 Å². The molecule has 140 valence electrons. The van der Waals surface area contributed by atoms with Crippen LogP contribution in [0.1, 0.15) is 17.0 Å². The molecule has 0 aliphatic carbocycles. The number of amides is 1. The quantitative estimate of drug-likeness (QED) is 0.541. The number of nitriles is 1. The van der Waals surface area contributed by atoms with Crippen LogP contribution in [0.2, 0.25) is 0 Å². The summed E-state index contributed by atoms with van der Waals surface area (Å²) in [6, 6.07) is 15.1. The largest absolute Gasteiger partial charge is 0.497 e. The minimum Gasteiger partial charge on any atom is -0.497 e. The van der Waals surface area contributed by atoms with Crippen molar-refractivity contribution in [1.82, 2.24) is 9.55 Å². The van der Waals surface area contributed by atoms with Gasteiger partial charge in [-0.25, -0.2) is 0 Å². The SMILES string of the molecule is COc1ccc(-n2c(C)cc(/C=C(\C#N)C(=O)Nc3cccnc3)c2C)cc1. The number of methoxy groups -OCH3 is 1. The van der Waals surface area contributed by atoms with Crippen LogP contribution < -0.4 is 10.1 Å². The van der Waals surface area contributed by atoms with Gasteiger partial charge in [0.1, 0.15) is 17.4 Å². The minimum absolute atomic E-state index is 0.0267. The average Bonchev–Trinajstić information content (AvgIpc) is 3.00. The van der Waals surface area contributed by atoms with E-state index < -0.39 is 5.91 Å². The lowest BCUT2D eigenvalue weighted by molar-refractivity contribution is -0.112. The minimum atomic E-state index is -0.468. The molecule has 3 rings (SSSR count). The van der Waals surface area contributed by atoms with Gasteiger partial charge in [-0.3, -0.25) is 9.78 Å². The van der Waals surface area contributed by atoms with Crippen molar-refractivity contribution in [3.8, 4) is 17.5 Å². The van der Waals surface area contributed by atoms with E-state index in [2.05, 4.69) is 14.9 Å². The number of ether oxygens (including phenoxy) is 1. The third-order valence-corrected chi connectivity index (χ3v) is 4.39. The molecule has 0 saturated heterocycles. The molecule has 3 aromatic rings. The summed E-state index contributed by atoms with van der Waals surface area (Å²) >= 11 is 0. The van der Waals surface area contributed by atoms with Crippen LogP contribution in [0.15, 0.2) is 60.4 Å². The molecule has 2 heterocycles. The van der Waals surface area contributed by atoms with Crippen molar-refractivity contribution in [2.45, 2.75) is 13.8 Å². The van der Waals surface area contributed by atoms with Crippen LogP contribution in [0, 0.1) is 25.2 Å². The zero-order chi connectivity index (χ0) is 20.1. The number of hydrogen-bond acceptors (Lipinski definition) is 4. The summed E-state index contributed by atoms with van der Waals surface area (Å²) in [4.78, 5) is 16.4. The van der Waals surface area contributed by atoms with Gasteiger partial charge in [-0.15, -0.1) is 0 Å². The topological polar surface area (TPSA) is 79.9 Å². The Morgan fingerprint density at radius 1 is 1.25 bits per heavy atom. The number of aryl methyl sites for hydroxylation is 1. The number of aromatic nitrogens is 2. The lowest BCUT2D eigenvalue weighted by atomic mass is 10.1. The van der Waals surface area contributed by atoms with Crippen LogP contribution in [0.4, 0.5) is 5.69 Å². The van der Waals surface area contributed by atoms with Crippen LogP contribution in [0.3, 0.4) is 0 Å². The van der Waals surface area contributed by atoms with Gasteiger partial charge in [0.2, 0.25) is 0 Å². The zero-order valence-electron chi connectivity index (χ0n) is 15.9. The smallest absolute Gasteiger partial charge is 0.266 e. The van der Waals surface area contributed by atoms with Gasteiger partial charge in [0.15, 0.2) is 0 Å². The Hall–Kier alpha value is -3.85. The summed E-state index contributed by atoms with van der Waals surface area (Å²) in [5.74, 6) is 0.315. The molecular formula is C22H20N4O2. The van der Waals surface area contributed by atoms with Gasteiger partial charge in [0.25, 0.3) is 5.91 Å². The second-order valence-corrected chi connectivity index (χ2v) is 6.23. The van der Waals surface area contributed by atoms with Gasteiger partial charge in [-0.1, -0.05) is 0 Å². The fourth-order valence-electron chi connectivity index (χ4n) is 3.00. The number of hydrogen-bond donors (Lipinski definition) is 1. The summed E-state index contributed by atoms with van der Waals surface area (Å²) in [5.41, 5.74) is 4.29. The molecule has 0 unspecified atom stereocenters. The summed E-state index contributed by atoms with van der Waals surface area (Å²) in [5, 5.41) is 12.1. The van der Waals surface area contributed by atoms with Crippen LogP contribution in [0.5, 0.6) is 5.75 Å². The van der Waals surface area contributed by atoms with E-state index >= 15 is 0 Å². The normalized spacial score (nSPS) is 11.0. The highest BCUT2D eigenvalue weighted by Crippen LogP contribution is 2.24. The van der Waals surface area contributed by atoms with Crippen molar-refractivity contribution in [3.63, 3.8) is 0 Å². The maximum atomic E-state index is 12.4. The standard InChI is InChI=1S/C22H20N4O2/c1-15-11-17(16(2)26(15)20-6-8-21(28-3)9-7-20)12-18(13-23)22(27)25-19-5-4-10-24-14-19/h4-12,14H,1-3H3,(H,25,27)/b18-12+. The fraction of sp³-hybridized carbons (Fsp3) is 0.136. The molecular weight excluding hydrogens is 352 g/mol. The van der Waals surface area contributed by atoms with E-state index in [4.69, 9.17) is 4.74 Å². The number of carbonyl (C=O) groups excluding carboxylic acids is 1. The predicted octanol–water partition coefficient (Wildman–Crippen LogP) is 4.04. The van der Waals surface area contributed by atoms with Crippen molar-refractivity contribution in [3.05, 3.63) is 77.4 Å². The maximum absolute atomic E-state index is 12.4. The molecule has 2 aromatic heterocycles. The predicted molar refractivity (Wildman–Crippen MR) is 108 cm³/mol. The Morgan fingerprint density at radius 3 is 2.61 bits per heavy atom. The highest BCUT2D eigenvalue weighted by molar-refractivity contribution is 6.09. The molecule has 0 aliphatic heterocycles. The van der Waals surface area contributed by atoms with Crippen LogP contribution in [-0.2, 0) is 4.79 Å². The first kappa shape index (κ1) is 18.9. The lowest BCUT2D eigenvalue weighted by Gasteiger charge is -2.10. The summed E-state index contributed by atoms with van der Waals surface area (Å²) in [6.07, 6.45) is 4.75. The molecule has 0 saturated carbocycles. The number of nitrogens with one attached hydrogen (secondary N) is 1. The molecule has 0 atom stereocenters. The van der Waals surface area contributed by atoms with E-state index in [1.54, 1.807) is 31.5 Å². The molecule has 28 heavy (non-hydrogen) atoms. The summed E-state index contributed by atoms with van der Waals surface area (Å²) < 4.78 is 7.28. The molecule has 1 aromatic carbocycles. The number of pyridine rings is 1. The molecule has 0 fully saturated rings. The molecule has 1 N–H and O–H groups in total. The van der Waals surface area contributed by atoms with Crippen LogP contribution in [0.25, 0.3) is 11.8 Å². The number of rotatable bonds is 5. The molecule has 1 amide bonds. The zero-order valence-corrected chi connectivity index (χ0v) is 15.9. The fourth-order valence-corrected chi connectivity index (χ4v) is 3.00. The number of carbonyl (C=O) groups is 1. The van der Waals surface area contributed by atoms with Crippen molar-refractivity contribution in [2.24, 2.45) is 0 Å². The molecule has 0 bridgehead atoms. The number of nitrogens with zero attached hydrogens (tertiary/aromatic N) is 3. The van der Waals surface area contributed by atoms with Gasteiger partial charge in [-0.05, 0) is 68.0 Å². The Labute approximate surface area is 163 Å². The third-order valence-electron chi connectivity index (χ3n) is 4.39. The van der Waals surface area contributed by atoms with E-state index in [9.17, 15) is 10.1 Å². The van der Waals surface area contributed by atoms with Gasteiger partial charge >= 0.3 is 0 Å². The Balaban J connectivity index is 1.92. The average molecular weight is 372 g/mol. The number of benzene rings is 1. The second kappa shape index (κ2) is 8.23. The highest BCUT2D eigenvalue weighted by atomic mass is 16.5. The molecule has 0 radical (unpaired) electrons. The highest BCUT2D eigenvalue weighted by Gasteiger charge is 2.14. The molecule has 0 spiro atoms. The Bertz CT molecular complexity index is 1060. The monoisotopic (exact) mass is 372 g/mol. The van der Waals surface area contributed by atoms with Crippen LogP contribution in [-0.4, -0.2) is 22.6 Å². The molecule has 6 nitrogen and oxygen atoms in total. The Kier molecular flexibility index (Phi) is 5.56. The number of anilines is 1. The summed E-state index contributed by atoms with van der Waals surface area (Å²) in [6.45, 7) is 3.94. The van der Waals surface area contributed by atoms with Gasteiger partial charge < -0.3 is 14.6 Å². The molecule has 0 aliphatic rings. The lowest BCUT2D eigenvalue weighted by Crippen LogP contribution is -2.13. The van der Waals surface area contributed by atoms with Crippen molar-refractivity contribution in [2.75, 3.05) is 12.4 Å². The van der Waals surface area contributed by atoms with E-state index in [0.717, 1.165) is 28.4 Å². The van der Waals surface area contributed by atoms with Crippen LogP contribution >= 0.6 is 0 Å². The van der Waals surface area contributed by atoms with E-state index in [1.165, 1.54) is 6.20 Å². The first-order valence-corrected chi connectivity index (χ1v) is 8.70. The maximum Gasteiger partial charge on any atom is 0.266 e. The Morgan fingerprint density at radius 2 is 2.00 bits per heavy atom. The van der Waals surface area contributed by atoms with Crippen molar-refractivity contribution < 1.29 is 9.53 Å². The van der Waals surface area contributed by atoms with E-state index in [0.29, 0.717) is 5.69 Å². The first-order chi connectivity index (χ1) is 13.5. The second-order valence-electron chi connectivity index (χ2n) is 6.23. The van der Waals surface area contributed by atoms with E-state index in [-0.39, 0.29) is 5.57 Å². The van der Waals surface area contributed by atoms with Crippen molar-refractivity contribution in [1.29, 1.82) is 5.26 Å². The van der Waals surface area contributed by atoms with Crippen molar-refractivity contribution >= 4 is 17.7 Å². The molecule has 6 heteroatoms. The van der Waals surface area contributed by atoms with Gasteiger partial charge in [0.05, 0.1) is 19.0 Å². The van der Waals surface area contributed by atoms with Gasteiger partial charge in [0, 0.05) is 23.3 Å². The summed E-state index contributed by atoms with van der Waals surface area (Å²) in [7, 11) is 1.63.